The quantitative estimate of drug-likeness (QED) is 0.546. The number of methoxy groups -OCH3 is 1. The minimum atomic E-state index is -0.513. The van der Waals surface area contributed by atoms with Crippen LogP contribution in [0.15, 0.2) is 29.3 Å². The first-order valence-electron chi connectivity index (χ1n) is 8.40. The van der Waals surface area contributed by atoms with Gasteiger partial charge in [-0.05, 0) is 31.5 Å². The average molecular weight is 417 g/mol. The summed E-state index contributed by atoms with van der Waals surface area (Å²) in [7, 11) is 1.48. The fourth-order valence-corrected chi connectivity index (χ4v) is 5.21. The highest BCUT2D eigenvalue weighted by Gasteiger charge is 2.22. The largest absolute Gasteiger partial charge is 0.380 e. The van der Waals surface area contributed by atoms with E-state index in [1.807, 2.05) is 13.8 Å². The van der Waals surface area contributed by atoms with Gasteiger partial charge in [0.15, 0.2) is 0 Å². The number of carbonyl (C=O) groups is 1. The smallest absolute Gasteiger partial charge is 0.281 e. The summed E-state index contributed by atoms with van der Waals surface area (Å²) in [6.07, 6.45) is 1.29. The van der Waals surface area contributed by atoms with Crippen molar-refractivity contribution in [2.24, 2.45) is 0 Å². The molecule has 9 heteroatoms. The fourth-order valence-electron chi connectivity index (χ4n) is 3.11. The summed E-state index contributed by atoms with van der Waals surface area (Å²) in [5.74, 6) is -0.926. The zero-order valence-electron chi connectivity index (χ0n) is 15.3. The summed E-state index contributed by atoms with van der Waals surface area (Å²) in [5.41, 5.74) is 3.54. The Hall–Kier alpha value is -2.62. The van der Waals surface area contributed by atoms with Crippen molar-refractivity contribution in [3.8, 4) is 0 Å². The van der Waals surface area contributed by atoms with Crippen LogP contribution in [0, 0.1) is 19.7 Å². The lowest BCUT2D eigenvalue weighted by atomic mass is 10.1. The average Bonchev–Trinajstić information content (AvgIpc) is 3.17. The molecule has 3 heterocycles. The van der Waals surface area contributed by atoms with Crippen LogP contribution in [0.5, 0.6) is 0 Å². The molecule has 6 nitrogen and oxygen atoms in total. The topological polar surface area (TPSA) is 73.2 Å². The zero-order chi connectivity index (χ0) is 20.0. The maximum Gasteiger partial charge on any atom is 0.281 e. The van der Waals surface area contributed by atoms with Crippen LogP contribution in [0.4, 0.5) is 4.39 Å². The maximum absolute atomic E-state index is 14.3. The van der Waals surface area contributed by atoms with Gasteiger partial charge in [-0.15, -0.1) is 22.7 Å². The lowest BCUT2D eigenvalue weighted by molar-refractivity contribution is 0.101. The van der Waals surface area contributed by atoms with Crippen molar-refractivity contribution in [3.63, 3.8) is 0 Å². The molecule has 28 heavy (non-hydrogen) atoms. The molecule has 1 N–H and O–H groups in total. The van der Waals surface area contributed by atoms with Gasteiger partial charge in [0.2, 0.25) is 0 Å². The molecule has 1 amide bonds. The Labute approximate surface area is 167 Å². The number of aryl methyl sites for hydroxylation is 2. The van der Waals surface area contributed by atoms with Crippen LogP contribution in [-0.2, 0) is 11.3 Å². The highest BCUT2D eigenvalue weighted by atomic mass is 32.1. The van der Waals surface area contributed by atoms with Crippen LogP contribution in [0.25, 0.3) is 20.3 Å². The van der Waals surface area contributed by atoms with Gasteiger partial charge < -0.3 is 4.74 Å². The van der Waals surface area contributed by atoms with Crippen LogP contribution in [0.3, 0.4) is 0 Å². The van der Waals surface area contributed by atoms with Crippen molar-refractivity contribution in [1.29, 1.82) is 0 Å². The minimum Gasteiger partial charge on any atom is -0.380 e. The number of nitrogens with one attached hydrogen (secondary N) is 1. The Kier molecular flexibility index (Phi) is 4.74. The van der Waals surface area contributed by atoms with Gasteiger partial charge in [0.25, 0.3) is 11.5 Å². The number of fused-ring (bicyclic) bond motifs is 2. The Balaban J connectivity index is 1.79. The van der Waals surface area contributed by atoms with Crippen LogP contribution in [-0.4, -0.2) is 22.7 Å². The van der Waals surface area contributed by atoms with Gasteiger partial charge in [0, 0.05) is 27.6 Å². The second kappa shape index (κ2) is 7.08. The Morgan fingerprint density at radius 2 is 2.07 bits per heavy atom. The van der Waals surface area contributed by atoms with Gasteiger partial charge in [-0.1, -0.05) is 6.07 Å². The molecule has 0 aliphatic carbocycles. The van der Waals surface area contributed by atoms with E-state index in [-0.39, 0.29) is 12.2 Å². The number of nitrogens with zero attached hydrogens (tertiary/aromatic N) is 2. The molecule has 0 unspecified atom stereocenters. The van der Waals surface area contributed by atoms with Crippen molar-refractivity contribution in [2.45, 2.75) is 20.5 Å². The first-order valence-corrected chi connectivity index (χ1v) is 10.0. The standard InChI is InChI=1S/C19H16FN3O3S2/c1-9-10(2)27-18-14(9)19(25)23(8-21-18)22-17(24)16-11(7-26-3)15-12(20)5-4-6-13(15)28-16/h4-6,8H,7H2,1-3H3,(H,22,24). The third-order valence-corrected chi connectivity index (χ3v) is 6.88. The highest BCUT2D eigenvalue weighted by molar-refractivity contribution is 7.21. The second-order valence-electron chi connectivity index (χ2n) is 6.28. The lowest BCUT2D eigenvalue weighted by Gasteiger charge is -2.08. The molecule has 4 rings (SSSR count). The molecule has 0 spiro atoms. The SMILES string of the molecule is COCc1c(C(=O)Nn2cnc3sc(C)c(C)c3c2=O)sc2cccc(F)c12. The molecular formula is C19H16FN3O3S2. The normalized spacial score (nSPS) is 11.4. The summed E-state index contributed by atoms with van der Waals surface area (Å²) in [5, 5.41) is 0.856. The van der Waals surface area contributed by atoms with Crippen LogP contribution < -0.4 is 11.0 Å². The number of benzene rings is 1. The van der Waals surface area contributed by atoms with E-state index in [0.29, 0.717) is 30.7 Å². The molecule has 0 aliphatic heterocycles. The van der Waals surface area contributed by atoms with E-state index in [1.54, 1.807) is 12.1 Å². The highest BCUT2D eigenvalue weighted by Crippen LogP contribution is 2.34. The molecule has 0 saturated heterocycles. The van der Waals surface area contributed by atoms with Crippen LogP contribution in [0.2, 0.25) is 0 Å². The Bertz CT molecular complexity index is 1290. The van der Waals surface area contributed by atoms with E-state index < -0.39 is 11.7 Å². The number of ether oxygens (including phenoxy) is 1. The fraction of sp³-hybridized carbons (Fsp3) is 0.211. The molecule has 3 aromatic heterocycles. The molecule has 0 bridgehead atoms. The number of amides is 1. The first kappa shape index (κ1) is 18.7. The van der Waals surface area contributed by atoms with Crippen molar-refractivity contribution in [3.05, 3.63) is 61.6 Å². The van der Waals surface area contributed by atoms with E-state index in [0.717, 1.165) is 26.5 Å². The van der Waals surface area contributed by atoms with Crippen molar-refractivity contribution >= 4 is 48.9 Å². The maximum atomic E-state index is 14.3. The number of hydrogen-bond acceptors (Lipinski definition) is 6. The minimum absolute atomic E-state index is 0.0820. The summed E-state index contributed by atoms with van der Waals surface area (Å²) < 4.78 is 21.2. The molecule has 4 aromatic rings. The number of rotatable bonds is 4. The zero-order valence-corrected chi connectivity index (χ0v) is 17.0. The molecule has 1 aromatic carbocycles. The van der Waals surface area contributed by atoms with Gasteiger partial charge >= 0.3 is 0 Å². The Morgan fingerprint density at radius 3 is 2.82 bits per heavy atom. The second-order valence-corrected chi connectivity index (χ2v) is 8.54. The summed E-state index contributed by atoms with van der Waals surface area (Å²) in [4.78, 5) is 31.9. The summed E-state index contributed by atoms with van der Waals surface area (Å²) in [6.45, 7) is 3.86. The predicted molar refractivity (Wildman–Crippen MR) is 110 cm³/mol. The first-order chi connectivity index (χ1) is 13.4. The third kappa shape index (κ3) is 2.92. The number of halogens is 1. The number of aromatic nitrogens is 2. The summed E-state index contributed by atoms with van der Waals surface area (Å²) in [6, 6.07) is 4.69. The van der Waals surface area contributed by atoms with E-state index >= 15 is 0 Å². The number of thiophene rings is 2. The van der Waals surface area contributed by atoms with Gasteiger partial charge in [0.1, 0.15) is 21.9 Å². The molecule has 0 saturated carbocycles. The van der Waals surface area contributed by atoms with E-state index in [2.05, 4.69) is 10.4 Å². The van der Waals surface area contributed by atoms with Gasteiger partial charge in [-0.2, -0.15) is 0 Å². The van der Waals surface area contributed by atoms with Crippen molar-refractivity contribution < 1.29 is 13.9 Å². The number of carbonyl (C=O) groups excluding carboxylic acids is 1. The molecule has 144 valence electrons. The van der Waals surface area contributed by atoms with Crippen molar-refractivity contribution in [1.82, 2.24) is 9.66 Å². The van der Waals surface area contributed by atoms with Gasteiger partial charge in [-0.25, -0.2) is 14.1 Å². The molecule has 0 aliphatic rings. The van der Waals surface area contributed by atoms with E-state index in [1.165, 1.54) is 30.8 Å². The van der Waals surface area contributed by atoms with Crippen molar-refractivity contribution in [2.75, 3.05) is 12.5 Å². The van der Waals surface area contributed by atoms with E-state index in [9.17, 15) is 14.0 Å². The van der Waals surface area contributed by atoms with E-state index in [4.69, 9.17) is 4.74 Å². The number of hydrogen-bond donors (Lipinski definition) is 1. The molecule has 0 atom stereocenters. The lowest BCUT2D eigenvalue weighted by Crippen LogP contribution is -2.33. The van der Waals surface area contributed by atoms with Gasteiger partial charge in [0.05, 0.1) is 12.0 Å². The summed E-state index contributed by atoms with van der Waals surface area (Å²) >= 11 is 2.59. The Morgan fingerprint density at radius 1 is 1.29 bits per heavy atom. The van der Waals surface area contributed by atoms with Gasteiger partial charge in [-0.3, -0.25) is 15.0 Å². The van der Waals surface area contributed by atoms with Crippen LogP contribution >= 0.6 is 22.7 Å². The predicted octanol–water partition coefficient (Wildman–Crippen LogP) is 3.96. The third-order valence-electron chi connectivity index (χ3n) is 4.57. The molecule has 0 radical (unpaired) electrons. The monoisotopic (exact) mass is 417 g/mol. The molecule has 0 fully saturated rings. The molecular weight excluding hydrogens is 401 g/mol. The van der Waals surface area contributed by atoms with Crippen LogP contribution in [0.1, 0.15) is 25.7 Å².